The lowest BCUT2D eigenvalue weighted by Crippen LogP contribution is -2.43. The Morgan fingerprint density at radius 2 is 1.90 bits per heavy atom. The number of alkyl halides is 3. The van der Waals surface area contributed by atoms with Crippen molar-refractivity contribution in [2.45, 2.75) is 50.4 Å². The molecule has 1 aliphatic rings. The predicted molar refractivity (Wildman–Crippen MR) is 114 cm³/mol. The third-order valence-electron chi connectivity index (χ3n) is 4.70. The minimum Gasteiger partial charge on any atom is -0.472 e. The number of thioether (sulfide) groups is 1. The van der Waals surface area contributed by atoms with Crippen LogP contribution in [0.25, 0.3) is 11.3 Å². The van der Waals surface area contributed by atoms with Crippen LogP contribution in [0.15, 0.2) is 35.2 Å². The fraction of sp³-hybridized carbons (Fsp3) is 0.500. The Morgan fingerprint density at radius 1 is 1.17 bits per heavy atom. The van der Waals surface area contributed by atoms with Gasteiger partial charge in [-0.15, -0.1) is 11.8 Å². The molecule has 1 saturated heterocycles. The molecule has 30 heavy (non-hydrogen) atoms. The smallest absolute Gasteiger partial charge is 0.417 e. The number of aromatic nitrogens is 1. The monoisotopic (exact) mass is 440 g/mol. The van der Waals surface area contributed by atoms with Crippen LogP contribution in [0, 0.1) is 0 Å². The molecule has 0 amide bonds. The van der Waals surface area contributed by atoms with E-state index >= 15 is 0 Å². The first kappa shape index (κ1) is 22.7. The molecular formula is C22H27F3N2O2S. The van der Waals surface area contributed by atoms with Gasteiger partial charge in [-0.2, -0.15) is 13.2 Å². The van der Waals surface area contributed by atoms with E-state index < -0.39 is 17.3 Å². The largest absolute Gasteiger partial charge is 0.472 e. The van der Waals surface area contributed by atoms with Crippen LogP contribution in [0.4, 0.5) is 18.9 Å². The van der Waals surface area contributed by atoms with Crippen molar-refractivity contribution in [3.8, 4) is 17.1 Å². The molecule has 0 radical (unpaired) electrons. The molecule has 1 aromatic carbocycles. The molecule has 0 saturated carbocycles. The van der Waals surface area contributed by atoms with Crippen LogP contribution in [-0.4, -0.2) is 42.6 Å². The number of morpholine rings is 1. The number of benzene rings is 1. The van der Waals surface area contributed by atoms with Crippen LogP contribution in [0.3, 0.4) is 0 Å². The van der Waals surface area contributed by atoms with E-state index in [-0.39, 0.29) is 17.3 Å². The molecule has 0 aliphatic carbocycles. The zero-order chi connectivity index (χ0) is 22.1. The number of hydrogen-bond acceptors (Lipinski definition) is 5. The Bertz CT molecular complexity index is 897. The van der Waals surface area contributed by atoms with Gasteiger partial charge in [-0.3, -0.25) is 0 Å². The molecule has 164 valence electrons. The first-order valence-electron chi connectivity index (χ1n) is 9.79. The predicted octanol–water partition coefficient (Wildman–Crippen LogP) is 5.89. The Balaban J connectivity index is 2.16. The highest BCUT2D eigenvalue weighted by Crippen LogP contribution is 2.40. The molecule has 2 aromatic rings. The van der Waals surface area contributed by atoms with Gasteiger partial charge >= 0.3 is 6.18 Å². The SMILES string of the molecule is CSc1ccc(-c2cc(N3CCOCC3C)cc(OC(C)(C)C)n2)c(C(F)(F)F)c1. The van der Waals surface area contributed by atoms with Gasteiger partial charge in [-0.1, -0.05) is 6.07 Å². The Morgan fingerprint density at radius 3 is 2.50 bits per heavy atom. The quantitative estimate of drug-likeness (QED) is 0.554. The van der Waals surface area contributed by atoms with Crippen LogP contribution >= 0.6 is 11.8 Å². The van der Waals surface area contributed by atoms with Crippen molar-refractivity contribution < 1.29 is 22.6 Å². The van der Waals surface area contributed by atoms with Gasteiger partial charge in [0.2, 0.25) is 5.88 Å². The van der Waals surface area contributed by atoms with Crippen LogP contribution in [0.1, 0.15) is 33.3 Å². The highest BCUT2D eigenvalue weighted by Gasteiger charge is 2.35. The minimum atomic E-state index is -4.49. The standard InChI is InChI=1S/C22H27F3N2O2S/c1-14-13-28-9-8-27(14)15-10-19(26-20(11-15)29-21(2,3)4)17-7-6-16(30-5)12-18(17)22(23,24)25/h6-7,10-12,14H,8-9,13H2,1-5H3. The summed E-state index contributed by atoms with van der Waals surface area (Å²) in [4.78, 5) is 7.12. The van der Waals surface area contributed by atoms with Crippen LogP contribution in [-0.2, 0) is 10.9 Å². The van der Waals surface area contributed by atoms with Crippen molar-refractivity contribution in [3.63, 3.8) is 0 Å². The van der Waals surface area contributed by atoms with E-state index in [4.69, 9.17) is 9.47 Å². The van der Waals surface area contributed by atoms with Gasteiger partial charge in [0.25, 0.3) is 0 Å². The van der Waals surface area contributed by atoms with Crippen molar-refractivity contribution >= 4 is 17.4 Å². The summed E-state index contributed by atoms with van der Waals surface area (Å²) in [5.74, 6) is 0.302. The normalized spacial score (nSPS) is 17.9. The zero-order valence-corrected chi connectivity index (χ0v) is 18.7. The Hall–Kier alpha value is -1.93. The van der Waals surface area contributed by atoms with E-state index in [0.29, 0.717) is 30.5 Å². The van der Waals surface area contributed by atoms with E-state index in [1.54, 1.807) is 24.5 Å². The average molecular weight is 441 g/mol. The Kier molecular flexibility index (Phi) is 6.57. The van der Waals surface area contributed by atoms with Crippen molar-refractivity contribution in [2.75, 3.05) is 30.9 Å². The van der Waals surface area contributed by atoms with Gasteiger partial charge < -0.3 is 14.4 Å². The molecule has 8 heteroatoms. The molecular weight excluding hydrogens is 413 g/mol. The third kappa shape index (κ3) is 5.40. The van der Waals surface area contributed by atoms with Gasteiger partial charge in [0.1, 0.15) is 5.60 Å². The lowest BCUT2D eigenvalue weighted by molar-refractivity contribution is -0.137. The summed E-state index contributed by atoms with van der Waals surface area (Å²) >= 11 is 1.27. The molecule has 2 heterocycles. The van der Waals surface area contributed by atoms with E-state index in [2.05, 4.69) is 9.88 Å². The fourth-order valence-corrected chi connectivity index (χ4v) is 3.82. The minimum absolute atomic E-state index is 0.0434. The zero-order valence-electron chi connectivity index (χ0n) is 17.8. The number of ether oxygens (including phenoxy) is 2. The molecule has 1 unspecified atom stereocenters. The molecule has 1 aromatic heterocycles. The first-order chi connectivity index (χ1) is 14.0. The summed E-state index contributed by atoms with van der Waals surface area (Å²) in [6.07, 6.45) is -2.74. The van der Waals surface area contributed by atoms with Crippen molar-refractivity contribution in [2.24, 2.45) is 0 Å². The van der Waals surface area contributed by atoms with Crippen LogP contribution < -0.4 is 9.64 Å². The van der Waals surface area contributed by atoms with Gasteiger partial charge in [-0.05, 0) is 52.1 Å². The van der Waals surface area contributed by atoms with E-state index in [1.165, 1.54) is 23.9 Å². The summed E-state index contributed by atoms with van der Waals surface area (Å²) < 4.78 is 53.0. The van der Waals surface area contributed by atoms with Crippen molar-refractivity contribution in [1.82, 2.24) is 4.98 Å². The lowest BCUT2D eigenvalue weighted by atomic mass is 10.0. The number of halogens is 3. The summed E-state index contributed by atoms with van der Waals surface area (Å²) in [6, 6.07) is 7.95. The highest BCUT2D eigenvalue weighted by atomic mass is 32.2. The topological polar surface area (TPSA) is 34.6 Å². The number of rotatable bonds is 4. The summed E-state index contributed by atoms with van der Waals surface area (Å²) in [7, 11) is 0. The number of hydrogen-bond donors (Lipinski definition) is 0. The summed E-state index contributed by atoms with van der Waals surface area (Å²) in [6.45, 7) is 9.44. The van der Waals surface area contributed by atoms with E-state index in [1.807, 2.05) is 27.7 Å². The fourth-order valence-electron chi connectivity index (χ4n) is 3.38. The lowest BCUT2D eigenvalue weighted by Gasteiger charge is -2.35. The molecule has 0 spiro atoms. The molecule has 3 rings (SSSR count). The third-order valence-corrected chi connectivity index (χ3v) is 5.43. The molecule has 0 bridgehead atoms. The van der Waals surface area contributed by atoms with Crippen LogP contribution in [0.2, 0.25) is 0 Å². The average Bonchev–Trinajstić information content (AvgIpc) is 2.65. The summed E-state index contributed by atoms with van der Waals surface area (Å²) in [5, 5.41) is 0. The van der Waals surface area contributed by atoms with Crippen molar-refractivity contribution in [3.05, 3.63) is 35.9 Å². The van der Waals surface area contributed by atoms with E-state index in [0.717, 1.165) is 5.69 Å². The molecule has 4 nitrogen and oxygen atoms in total. The van der Waals surface area contributed by atoms with Crippen LogP contribution in [0.5, 0.6) is 5.88 Å². The maximum absolute atomic E-state index is 13.8. The van der Waals surface area contributed by atoms with Gasteiger partial charge in [0.05, 0.1) is 24.5 Å². The van der Waals surface area contributed by atoms with E-state index in [9.17, 15) is 13.2 Å². The van der Waals surface area contributed by atoms with Crippen molar-refractivity contribution in [1.29, 1.82) is 0 Å². The van der Waals surface area contributed by atoms with Gasteiger partial charge in [0, 0.05) is 34.8 Å². The number of pyridine rings is 1. The second kappa shape index (κ2) is 8.67. The second-order valence-electron chi connectivity index (χ2n) is 8.29. The molecule has 1 atom stereocenters. The number of nitrogens with zero attached hydrogens (tertiary/aromatic N) is 2. The van der Waals surface area contributed by atoms with Gasteiger partial charge in [0.15, 0.2) is 0 Å². The molecule has 1 fully saturated rings. The first-order valence-corrected chi connectivity index (χ1v) is 11.0. The molecule has 0 N–H and O–H groups in total. The highest BCUT2D eigenvalue weighted by molar-refractivity contribution is 7.98. The van der Waals surface area contributed by atoms with Gasteiger partial charge in [-0.25, -0.2) is 4.98 Å². The maximum atomic E-state index is 13.8. The number of anilines is 1. The maximum Gasteiger partial charge on any atom is 0.417 e. The molecule has 1 aliphatic heterocycles. The Labute approximate surface area is 179 Å². The second-order valence-corrected chi connectivity index (χ2v) is 9.17. The summed E-state index contributed by atoms with van der Waals surface area (Å²) in [5.41, 5.74) is -0.171.